The number of rotatable bonds is 5. The summed E-state index contributed by atoms with van der Waals surface area (Å²) >= 11 is 5.63. The van der Waals surface area contributed by atoms with Crippen molar-refractivity contribution in [2.75, 3.05) is 26.2 Å². The molecule has 0 amide bonds. The van der Waals surface area contributed by atoms with Gasteiger partial charge in [0.1, 0.15) is 5.75 Å². The molecule has 0 spiro atoms. The molecule has 0 saturated carbocycles. The van der Waals surface area contributed by atoms with E-state index in [9.17, 15) is 13.2 Å². The summed E-state index contributed by atoms with van der Waals surface area (Å²) in [5, 5.41) is 0. The predicted octanol–water partition coefficient (Wildman–Crippen LogP) is 4.28. The van der Waals surface area contributed by atoms with Gasteiger partial charge < -0.3 is 9.64 Å². The van der Waals surface area contributed by atoms with Gasteiger partial charge in [0.2, 0.25) is 0 Å². The molecule has 0 aliphatic carbocycles. The Labute approximate surface area is 174 Å². The number of nitrogens with zero attached hydrogens (tertiary/aromatic N) is 3. The van der Waals surface area contributed by atoms with Gasteiger partial charge in [-0.3, -0.25) is 9.88 Å². The van der Waals surface area contributed by atoms with Crippen molar-refractivity contribution in [1.29, 1.82) is 0 Å². The topological polar surface area (TPSA) is 28.6 Å². The number of halogens is 3. The largest absolute Gasteiger partial charge is 0.573 e. The first-order valence-corrected chi connectivity index (χ1v) is 9.88. The maximum atomic E-state index is 12.2. The summed E-state index contributed by atoms with van der Waals surface area (Å²) in [6.45, 7) is 8.09. The monoisotopic (exact) mass is 423 g/mol. The number of benzene rings is 1. The van der Waals surface area contributed by atoms with E-state index in [1.165, 1.54) is 17.7 Å². The van der Waals surface area contributed by atoms with Crippen molar-refractivity contribution in [3.63, 3.8) is 0 Å². The Hall–Kier alpha value is -2.19. The van der Waals surface area contributed by atoms with E-state index < -0.39 is 6.36 Å². The van der Waals surface area contributed by atoms with Gasteiger partial charge in [-0.2, -0.15) is 0 Å². The number of hydrogen-bond donors (Lipinski definition) is 0. The van der Waals surface area contributed by atoms with Gasteiger partial charge in [-0.1, -0.05) is 24.4 Å². The molecular weight excluding hydrogens is 399 g/mol. The van der Waals surface area contributed by atoms with Gasteiger partial charge in [0.25, 0.3) is 0 Å². The molecule has 0 atom stereocenters. The number of aromatic nitrogens is 1. The standard InChI is InChI=1S/C21H24F3N3OS/c1-15-11-16(2)25-18(12-15)13-20(29)27-9-7-26(8-10-27)14-17-3-5-19(6-4-17)28-21(22,23)24/h3-6,11-12H,7-10,13-14H2,1-2H3. The second-order valence-corrected chi connectivity index (χ2v) is 7.77. The molecule has 8 heteroatoms. The Morgan fingerprint density at radius 3 is 2.31 bits per heavy atom. The van der Waals surface area contributed by atoms with E-state index in [1.807, 2.05) is 13.0 Å². The summed E-state index contributed by atoms with van der Waals surface area (Å²) in [7, 11) is 0. The molecule has 156 valence electrons. The molecule has 0 unspecified atom stereocenters. The van der Waals surface area contributed by atoms with Crippen LogP contribution < -0.4 is 4.74 Å². The summed E-state index contributed by atoms with van der Waals surface area (Å²) in [5.74, 6) is -0.198. The first kappa shape index (κ1) is 21.5. The Morgan fingerprint density at radius 2 is 1.72 bits per heavy atom. The number of hydrogen-bond acceptors (Lipinski definition) is 4. The SMILES string of the molecule is Cc1cc(C)nc(CC(=S)N2CCN(Cc3ccc(OC(F)(F)F)cc3)CC2)c1. The Bertz CT molecular complexity index is 827. The highest BCUT2D eigenvalue weighted by molar-refractivity contribution is 7.80. The predicted molar refractivity (Wildman–Crippen MR) is 110 cm³/mol. The van der Waals surface area contributed by atoms with E-state index >= 15 is 0 Å². The molecule has 1 fully saturated rings. The van der Waals surface area contributed by atoms with Crippen molar-refractivity contribution < 1.29 is 17.9 Å². The molecule has 2 aromatic rings. The molecule has 0 radical (unpaired) electrons. The molecular formula is C21H24F3N3OS. The molecule has 1 saturated heterocycles. The average Bonchev–Trinajstić information content (AvgIpc) is 2.62. The van der Waals surface area contributed by atoms with Crippen LogP contribution >= 0.6 is 12.2 Å². The molecule has 29 heavy (non-hydrogen) atoms. The van der Waals surface area contributed by atoms with Crippen LogP contribution in [0.2, 0.25) is 0 Å². The fourth-order valence-corrected chi connectivity index (χ4v) is 3.82. The molecule has 2 heterocycles. The van der Waals surface area contributed by atoms with Gasteiger partial charge in [0.05, 0.1) is 4.99 Å². The lowest BCUT2D eigenvalue weighted by atomic mass is 10.1. The lowest BCUT2D eigenvalue weighted by Crippen LogP contribution is -2.48. The number of thiocarbonyl (C=S) groups is 1. The minimum absolute atomic E-state index is 0.198. The molecule has 1 aromatic carbocycles. The number of piperazine rings is 1. The molecule has 1 aliphatic heterocycles. The highest BCUT2D eigenvalue weighted by Crippen LogP contribution is 2.23. The molecule has 0 bridgehead atoms. The van der Waals surface area contributed by atoms with Crippen molar-refractivity contribution in [2.45, 2.75) is 33.2 Å². The minimum Gasteiger partial charge on any atom is -0.406 e. The first-order chi connectivity index (χ1) is 13.7. The third-order valence-corrected chi connectivity index (χ3v) is 5.17. The molecule has 1 aromatic heterocycles. The molecule has 3 rings (SSSR count). The smallest absolute Gasteiger partial charge is 0.406 e. The van der Waals surface area contributed by atoms with E-state index in [-0.39, 0.29) is 5.75 Å². The van der Waals surface area contributed by atoms with E-state index in [4.69, 9.17) is 12.2 Å². The Morgan fingerprint density at radius 1 is 1.07 bits per heavy atom. The summed E-state index contributed by atoms with van der Waals surface area (Å²) < 4.78 is 40.6. The van der Waals surface area contributed by atoms with Crippen LogP contribution in [0.5, 0.6) is 5.75 Å². The fourth-order valence-electron chi connectivity index (χ4n) is 3.49. The van der Waals surface area contributed by atoms with Crippen LogP contribution in [-0.2, 0) is 13.0 Å². The van der Waals surface area contributed by atoms with Gasteiger partial charge in [0, 0.05) is 50.5 Å². The quantitative estimate of drug-likeness (QED) is 0.670. The van der Waals surface area contributed by atoms with Gasteiger partial charge in [0.15, 0.2) is 0 Å². The van der Waals surface area contributed by atoms with Gasteiger partial charge in [-0.15, -0.1) is 13.2 Å². The molecule has 0 N–H and O–H groups in total. The third-order valence-electron chi connectivity index (χ3n) is 4.77. The van der Waals surface area contributed by atoms with Crippen molar-refractivity contribution in [3.05, 3.63) is 58.9 Å². The summed E-state index contributed by atoms with van der Waals surface area (Å²) in [6.07, 6.45) is -4.00. The van der Waals surface area contributed by atoms with Crippen molar-refractivity contribution >= 4 is 17.2 Å². The van der Waals surface area contributed by atoms with Crippen LogP contribution in [0.25, 0.3) is 0 Å². The van der Waals surface area contributed by atoms with E-state index in [2.05, 4.69) is 32.5 Å². The van der Waals surface area contributed by atoms with Crippen LogP contribution in [0.3, 0.4) is 0 Å². The first-order valence-electron chi connectivity index (χ1n) is 9.47. The summed E-state index contributed by atoms with van der Waals surface area (Å²) in [6, 6.07) is 10.2. The lowest BCUT2D eigenvalue weighted by Gasteiger charge is -2.36. The van der Waals surface area contributed by atoms with E-state index in [0.717, 1.165) is 48.1 Å². The molecule has 1 aliphatic rings. The van der Waals surface area contributed by atoms with Crippen molar-refractivity contribution in [1.82, 2.24) is 14.8 Å². The van der Waals surface area contributed by atoms with Gasteiger partial charge in [-0.25, -0.2) is 0 Å². The van der Waals surface area contributed by atoms with Crippen LogP contribution in [0.4, 0.5) is 13.2 Å². The zero-order chi connectivity index (χ0) is 21.0. The minimum atomic E-state index is -4.66. The van der Waals surface area contributed by atoms with Crippen LogP contribution in [0.1, 0.15) is 22.5 Å². The number of alkyl halides is 3. The van der Waals surface area contributed by atoms with Crippen LogP contribution in [0.15, 0.2) is 36.4 Å². The average molecular weight is 424 g/mol. The number of pyridine rings is 1. The number of ether oxygens (including phenoxy) is 1. The number of aryl methyl sites for hydroxylation is 2. The summed E-state index contributed by atoms with van der Waals surface area (Å²) in [4.78, 5) is 9.95. The van der Waals surface area contributed by atoms with Crippen molar-refractivity contribution in [2.24, 2.45) is 0 Å². The Balaban J connectivity index is 1.48. The second-order valence-electron chi connectivity index (χ2n) is 7.30. The zero-order valence-electron chi connectivity index (χ0n) is 16.5. The van der Waals surface area contributed by atoms with Crippen LogP contribution in [0, 0.1) is 13.8 Å². The Kier molecular flexibility index (Phi) is 6.74. The van der Waals surface area contributed by atoms with Gasteiger partial charge in [-0.05, 0) is 49.2 Å². The van der Waals surface area contributed by atoms with Gasteiger partial charge >= 0.3 is 6.36 Å². The highest BCUT2D eigenvalue weighted by atomic mass is 32.1. The third kappa shape index (κ3) is 6.68. The fraction of sp³-hybridized carbons (Fsp3) is 0.429. The van der Waals surface area contributed by atoms with Crippen molar-refractivity contribution in [3.8, 4) is 5.75 Å². The normalized spacial score (nSPS) is 15.4. The zero-order valence-corrected chi connectivity index (χ0v) is 17.3. The summed E-state index contributed by atoms with van der Waals surface area (Å²) in [5.41, 5.74) is 4.14. The molecule has 4 nitrogen and oxygen atoms in total. The lowest BCUT2D eigenvalue weighted by molar-refractivity contribution is -0.274. The van der Waals surface area contributed by atoms with Crippen LogP contribution in [-0.4, -0.2) is 52.3 Å². The maximum absolute atomic E-state index is 12.2. The van der Waals surface area contributed by atoms with E-state index in [0.29, 0.717) is 13.0 Å². The highest BCUT2D eigenvalue weighted by Gasteiger charge is 2.31. The second kappa shape index (κ2) is 9.09. The maximum Gasteiger partial charge on any atom is 0.573 e. The van der Waals surface area contributed by atoms with E-state index in [1.54, 1.807) is 12.1 Å².